The number of benzene rings is 1. The average molecular weight is 286 g/mol. The van der Waals surface area contributed by atoms with Gasteiger partial charge in [0.25, 0.3) is 0 Å². The Bertz CT molecular complexity index is 532. The van der Waals surface area contributed by atoms with Gasteiger partial charge >= 0.3 is 0 Å². The van der Waals surface area contributed by atoms with E-state index in [0.717, 1.165) is 18.9 Å². The summed E-state index contributed by atoms with van der Waals surface area (Å²) < 4.78 is 0. The lowest BCUT2D eigenvalue weighted by Crippen LogP contribution is -2.25. The number of nitrogens with one attached hydrogen (secondary N) is 1. The van der Waals surface area contributed by atoms with Gasteiger partial charge in [-0.25, -0.2) is 0 Å². The zero-order chi connectivity index (χ0) is 13.8. The molecule has 2 aromatic rings. The molecule has 1 atom stereocenters. The summed E-state index contributed by atoms with van der Waals surface area (Å²) in [6.07, 6.45) is 7.24. The average Bonchev–Trinajstić information content (AvgIpc) is 2.93. The summed E-state index contributed by atoms with van der Waals surface area (Å²) in [4.78, 5) is 5.59. The zero-order valence-electron chi connectivity index (χ0n) is 12.0. The van der Waals surface area contributed by atoms with Crippen molar-refractivity contribution in [1.82, 2.24) is 10.3 Å². The minimum atomic E-state index is 0.305. The van der Waals surface area contributed by atoms with Crippen molar-refractivity contribution in [2.45, 2.75) is 44.6 Å². The van der Waals surface area contributed by atoms with Gasteiger partial charge in [0.05, 0.1) is 11.6 Å². The molecule has 0 bridgehead atoms. The molecule has 0 aliphatic heterocycles. The third-order valence-corrected chi connectivity index (χ3v) is 5.03. The van der Waals surface area contributed by atoms with E-state index in [1.807, 2.05) is 11.7 Å². The Morgan fingerprint density at radius 3 is 2.85 bits per heavy atom. The summed E-state index contributed by atoms with van der Waals surface area (Å²) in [7, 11) is 0. The quantitative estimate of drug-likeness (QED) is 0.845. The maximum Gasteiger partial charge on any atom is 0.0794 e. The standard InChI is InChI=1S/C17H22N2S/c1-2-10-19-17(16-11-18-12-20-16)15-9-4-3-8-14(15)13-6-5-7-13/h3-4,8-9,11-13,17,19H,2,5-7,10H2,1H3. The predicted octanol–water partition coefficient (Wildman–Crippen LogP) is 4.50. The molecule has 3 heteroatoms. The Morgan fingerprint density at radius 2 is 2.20 bits per heavy atom. The Hall–Kier alpha value is -1.19. The summed E-state index contributed by atoms with van der Waals surface area (Å²) in [5, 5.41) is 3.70. The third kappa shape index (κ3) is 2.79. The molecule has 1 aliphatic carbocycles. The third-order valence-electron chi connectivity index (χ3n) is 4.19. The molecule has 0 radical (unpaired) electrons. The van der Waals surface area contributed by atoms with Crippen LogP contribution >= 0.6 is 11.3 Å². The first-order chi connectivity index (χ1) is 9.90. The fourth-order valence-electron chi connectivity index (χ4n) is 2.89. The van der Waals surface area contributed by atoms with Crippen LogP contribution in [-0.2, 0) is 0 Å². The molecular formula is C17H22N2S. The largest absolute Gasteiger partial charge is 0.306 e. The summed E-state index contributed by atoms with van der Waals surface area (Å²) >= 11 is 1.75. The highest BCUT2D eigenvalue weighted by molar-refractivity contribution is 7.09. The molecule has 1 unspecified atom stereocenters. The Kier molecular flexibility index (Phi) is 4.48. The molecule has 1 N–H and O–H groups in total. The second kappa shape index (κ2) is 6.51. The van der Waals surface area contributed by atoms with Gasteiger partial charge in [-0.05, 0) is 42.9 Å². The number of hydrogen-bond donors (Lipinski definition) is 1. The van der Waals surface area contributed by atoms with Crippen molar-refractivity contribution < 1.29 is 0 Å². The van der Waals surface area contributed by atoms with Gasteiger partial charge in [0, 0.05) is 11.1 Å². The topological polar surface area (TPSA) is 24.9 Å². The summed E-state index contributed by atoms with van der Waals surface area (Å²) in [6.45, 7) is 3.26. The van der Waals surface area contributed by atoms with Crippen LogP contribution < -0.4 is 5.32 Å². The van der Waals surface area contributed by atoms with Gasteiger partial charge < -0.3 is 5.32 Å². The van der Waals surface area contributed by atoms with Gasteiger partial charge in [0.2, 0.25) is 0 Å². The van der Waals surface area contributed by atoms with Crippen molar-refractivity contribution >= 4 is 11.3 Å². The minimum absolute atomic E-state index is 0.305. The van der Waals surface area contributed by atoms with Crippen LogP contribution in [0.15, 0.2) is 36.0 Å². The number of aromatic nitrogens is 1. The summed E-state index contributed by atoms with van der Waals surface area (Å²) in [6, 6.07) is 9.26. The van der Waals surface area contributed by atoms with E-state index in [-0.39, 0.29) is 0 Å². The molecule has 1 heterocycles. The minimum Gasteiger partial charge on any atom is -0.306 e. The van der Waals surface area contributed by atoms with E-state index in [9.17, 15) is 0 Å². The van der Waals surface area contributed by atoms with E-state index in [1.54, 1.807) is 16.9 Å². The molecule has 0 spiro atoms. The van der Waals surface area contributed by atoms with Crippen molar-refractivity contribution in [1.29, 1.82) is 0 Å². The molecule has 2 nitrogen and oxygen atoms in total. The lowest BCUT2D eigenvalue weighted by molar-refractivity contribution is 0.414. The van der Waals surface area contributed by atoms with E-state index in [4.69, 9.17) is 0 Å². The number of nitrogens with zero attached hydrogens (tertiary/aromatic N) is 1. The van der Waals surface area contributed by atoms with Gasteiger partial charge in [0.15, 0.2) is 0 Å². The molecule has 3 rings (SSSR count). The van der Waals surface area contributed by atoms with Crippen LogP contribution in [0.3, 0.4) is 0 Å². The second-order valence-electron chi connectivity index (χ2n) is 5.55. The van der Waals surface area contributed by atoms with E-state index in [2.05, 4.69) is 41.5 Å². The maximum absolute atomic E-state index is 4.26. The smallest absolute Gasteiger partial charge is 0.0794 e. The molecule has 1 aliphatic rings. The molecule has 1 aromatic heterocycles. The highest BCUT2D eigenvalue weighted by Gasteiger charge is 2.25. The number of hydrogen-bond acceptors (Lipinski definition) is 3. The highest BCUT2D eigenvalue weighted by Crippen LogP contribution is 2.40. The van der Waals surface area contributed by atoms with Crippen LogP contribution in [0.4, 0.5) is 0 Å². The molecule has 0 saturated heterocycles. The van der Waals surface area contributed by atoms with Crippen LogP contribution in [0, 0.1) is 0 Å². The van der Waals surface area contributed by atoms with Crippen molar-refractivity contribution in [2.24, 2.45) is 0 Å². The predicted molar refractivity (Wildman–Crippen MR) is 85.3 cm³/mol. The molecule has 106 valence electrons. The van der Waals surface area contributed by atoms with Crippen LogP contribution in [0.5, 0.6) is 0 Å². The highest BCUT2D eigenvalue weighted by atomic mass is 32.1. The second-order valence-corrected chi connectivity index (χ2v) is 6.47. The fourth-order valence-corrected chi connectivity index (χ4v) is 3.60. The van der Waals surface area contributed by atoms with E-state index in [0.29, 0.717) is 6.04 Å². The maximum atomic E-state index is 4.26. The van der Waals surface area contributed by atoms with Crippen LogP contribution in [0.1, 0.15) is 60.6 Å². The first kappa shape index (κ1) is 13.8. The first-order valence-corrected chi connectivity index (χ1v) is 8.48. The van der Waals surface area contributed by atoms with Gasteiger partial charge in [-0.3, -0.25) is 4.98 Å². The Morgan fingerprint density at radius 1 is 1.35 bits per heavy atom. The molecule has 20 heavy (non-hydrogen) atoms. The molecule has 0 amide bonds. The molecule has 1 aromatic carbocycles. The van der Waals surface area contributed by atoms with Crippen molar-refractivity contribution in [3.05, 3.63) is 52.0 Å². The summed E-state index contributed by atoms with van der Waals surface area (Å²) in [5.74, 6) is 0.769. The van der Waals surface area contributed by atoms with Gasteiger partial charge in [0.1, 0.15) is 0 Å². The number of rotatable bonds is 6. The molecule has 1 fully saturated rings. The summed E-state index contributed by atoms with van der Waals surface area (Å²) in [5.41, 5.74) is 4.93. The molecule has 1 saturated carbocycles. The van der Waals surface area contributed by atoms with Gasteiger partial charge in [-0.15, -0.1) is 11.3 Å². The van der Waals surface area contributed by atoms with Crippen molar-refractivity contribution in [3.63, 3.8) is 0 Å². The Labute approximate surface area is 125 Å². The normalized spacial score (nSPS) is 16.9. The van der Waals surface area contributed by atoms with E-state index >= 15 is 0 Å². The van der Waals surface area contributed by atoms with Crippen molar-refractivity contribution in [3.8, 4) is 0 Å². The van der Waals surface area contributed by atoms with Gasteiger partial charge in [-0.1, -0.05) is 37.6 Å². The number of thiazole rings is 1. The fraction of sp³-hybridized carbons (Fsp3) is 0.471. The van der Waals surface area contributed by atoms with E-state index < -0.39 is 0 Å². The lowest BCUT2D eigenvalue weighted by atomic mass is 9.77. The Balaban J connectivity index is 1.94. The van der Waals surface area contributed by atoms with Crippen molar-refractivity contribution in [2.75, 3.05) is 6.54 Å². The van der Waals surface area contributed by atoms with Crippen LogP contribution in [0.2, 0.25) is 0 Å². The van der Waals surface area contributed by atoms with E-state index in [1.165, 1.54) is 29.7 Å². The SMILES string of the molecule is CCCNC(c1cncs1)c1ccccc1C1CCC1. The molecular weight excluding hydrogens is 264 g/mol. The lowest BCUT2D eigenvalue weighted by Gasteiger charge is -2.30. The van der Waals surface area contributed by atoms with Crippen LogP contribution in [-0.4, -0.2) is 11.5 Å². The van der Waals surface area contributed by atoms with Gasteiger partial charge in [-0.2, -0.15) is 0 Å². The first-order valence-electron chi connectivity index (χ1n) is 7.60. The van der Waals surface area contributed by atoms with Crippen LogP contribution in [0.25, 0.3) is 0 Å². The monoisotopic (exact) mass is 286 g/mol. The zero-order valence-corrected chi connectivity index (χ0v) is 12.8.